The summed E-state index contributed by atoms with van der Waals surface area (Å²) in [6.07, 6.45) is 2.07. The second kappa shape index (κ2) is 6.86. The van der Waals surface area contributed by atoms with Crippen LogP contribution in [0.2, 0.25) is 0 Å². The zero-order valence-electron chi connectivity index (χ0n) is 13.1. The number of aliphatic hydroxyl groups is 1. The van der Waals surface area contributed by atoms with Gasteiger partial charge in [-0.25, -0.2) is 0 Å². The summed E-state index contributed by atoms with van der Waals surface area (Å²) in [5.74, 6) is 1.50. The van der Waals surface area contributed by atoms with Crippen LogP contribution in [0.1, 0.15) is 26.2 Å². The van der Waals surface area contributed by atoms with Crippen molar-refractivity contribution in [1.82, 2.24) is 5.32 Å². The monoisotopic (exact) mass is 307 g/mol. The van der Waals surface area contributed by atoms with Crippen LogP contribution in [0.5, 0.6) is 11.5 Å². The maximum absolute atomic E-state index is 10.8. The molecule has 2 unspecified atom stereocenters. The third kappa shape index (κ3) is 3.72. The molecule has 0 radical (unpaired) electrons. The molecule has 2 atom stereocenters. The van der Waals surface area contributed by atoms with Crippen LogP contribution in [-0.4, -0.2) is 49.2 Å². The van der Waals surface area contributed by atoms with Gasteiger partial charge in [0.2, 0.25) is 0 Å². The second-order valence-corrected chi connectivity index (χ2v) is 6.21. The van der Waals surface area contributed by atoms with Crippen molar-refractivity contribution in [2.24, 2.45) is 0 Å². The molecule has 2 bridgehead atoms. The van der Waals surface area contributed by atoms with Gasteiger partial charge in [0.05, 0.1) is 32.0 Å². The van der Waals surface area contributed by atoms with Gasteiger partial charge in [-0.1, -0.05) is 12.1 Å². The SMILES string of the molecule is CCOc1ccccc1OCCC1(O)CC2COCC(C1)N2. The fourth-order valence-corrected chi connectivity index (χ4v) is 3.42. The lowest BCUT2D eigenvalue weighted by Crippen LogP contribution is -2.60. The number of para-hydroxylation sites is 2. The highest BCUT2D eigenvalue weighted by Gasteiger charge is 2.40. The van der Waals surface area contributed by atoms with Gasteiger partial charge in [-0.05, 0) is 31.9 Å². The number of fused-ring (bicyclic) bond motifs is 2. The fraction of sp³-hybridized carbons (Fsp3) is 0.647. The lowest BCUT2D eigenvalue weighted by atomic mass is 9.81. The number of rotatable bonds is 6. The molecule has 2 aliphatic rings. The Morgan fingerprint density at radius 3 is 2.45 bits per heavy atom. The molecule has 22 heavy (non-hydrogen) atoms. The number of ether oxygens (including phenoxy) is 3. The molecule has 2 aliphatic heterocycles. The lowest BCUT2D eigenvalue weighted by Gasteiger charge is -2.45. The van der Waals surface area contributed by atoms with Gasteiger partial charge in [0, 0.05) is 18.5 Å². The van der Waals surface area contributed by atoms with Crippen LogP contribution in [0.4, 0.5) is 0 Å². The van der Waals surface area contributed by atoms with Crippen molar-refractivity contribution in [3.8, 4) is 11.5 Å². The molecule has 0 saturated carbocycles. The molecule has 0 aliphatic carbocycles. The number of piperidine rings is 1. The number of hydrogen-bond acceptors (Lipinski definition) is 5. The normalized spacial score (nSPS) is 30.8. The van der Waals surface area contributed by atoms with Gasteiger partial charge in [0.1, 0.15) is 0 Å². The minimum absolute atomic E-state index is 0.258. The quantitative estimate of drug-likeness (QED) is 0.838. The van der Waals surface area contributed by atoms with E-state index in [1.54, 1.807) is 0 Å². The van der Waals surface area contributed by atoms with Crippen LogP contribution in [-0.2, 0) is 4.74 Å². The van der Waals surface area contributed by atoms with Gasteiger partial charge in [0.25, 0.3) is 0 Å². The summed E-state index contributed by atoms with van der Waals surface area (Å²) in [5, 5.41) is 14.3. The summed E-state index contributed by atoms with van der Waals surface area (Å²) in [5.41, 5.74) is -0.662. The van der Waals surface area contributed by atoms with Crippen LogP contribution in [0.3, 0.4) is 0 Å². The van der Waals surface area contributed by atoms with E-state index in [0.29, 0.717) is 32.8 Å². The first-order valence-corrected chi connectivity index (χ1v) is 8.09. The highest BCUT2D eigenvalue weighted by molar-refractivity contribution is 5.39. The van der Waals surface area contributed by atoms with E-state index in [4.69, 9.17) is 14.2 Å². The summed E-state index contributed by atoms with van der Waals surface area (Å²) in [6.45, 7) is 4.43. The molecule has 1 aromatic rings. The Morgan fingerprint density at radius 1 is 1.18 bits per heavy atom. The Hall–Kier alpha value is -1.30. The first-order chi connectivity index (χ1) is 10.7. The van der Waals surface area contributed by atoms with Crippen molar-refractivity contribution in [3.63, 3.8) is 0 Å². The van der Waals surface area contributed by atoms with Crippen LogP contribution < -0.4 is 14.8 Å². The smallest absolute Gasteiger partial charge is 0.161 e. The van der Waals surface area contributed by atoms with Crippen molar-refractivity contribution in [3.05, 3.63) is 24.3 Å². The van der Waals surface area contributed by atoms with Crippen molar-refractivity contribution in [1.29, 1.82) is 0 Å². The number of hydrogen-bond donors (Lipinski definition) is 2. The van der Waals surface area contributed by atoms with Crippen molar-refractivity contribution < 1.29 is 19.3 Å². The molecule has 3 rings (SSSR count). The van der Waals surface area contributed by atoms with Gasteiger partial charge in [-0.3, -0.25) is 0 Å². The predicted octanol–water partition coefficient (Wildman–Crippen LogP) is 1.74. The average molecular weight is 307 g/mol. The van der Waals surface area contributed by atoms with E-state index >= 15 is 0 Å². The Morgan fingerprint density at radius 2 is 1.82 bits per heavy atom. The van der Waals surface area contributed by atoms with E-state index in [9.17, 15) is 5.11 Å². The van der Waals surface area contributed by atoms with Crippen LogP contribution in [0.15, 0.2) is 24.3 Å². The summed E-state index contributed by atoms with van der Waals surface area (Å²) in [4.78, 5) is 0. The van der Waals surface area contributed by atoms with E-state index < -0.39 is 5.60 Å². The van der Waals surface area contributed by atoms with Gasteiger partial charge in [-0.15, -0.1) is 0 Å². The molecule has 122 valence electrons. The minimum atomic E-state index is -0.662. The predicted molar refractivity (Wildman–Crippen MR) is 83.4 cm³/mol. The van der Waals surface area contributed by atoms with Crippen LogP contribution >= 0.6 is 0 Å². The molecule has 1 aromatic carbocycles. The molecular formula is C17H25NO4. The third-order valence-corrected chi connectivity index (χ3v) is 4.34. The van der Waals surface area contributed by atoms with Crippen molar-refractivity contribution >= 4 is 0 Å². The van der Waals surface area contributed by atoms with E-state index in [1.165, 1.54) is 0 Å². The van der Waals surface area contributed by atoms with Gasteiger partial charge in [0.15, 0.2) is 11.5 Å². The standard InChI is InChI=1S/C17H25NO4/c1-2-21-15-5-3-4-6-16(15)22-8-7-17(19)9-13-11-20-12-14(10-17)18-13/h3-6,13-14,18-19H,2,7-12H2,1H3. The number of morpholine rings is 1. The molecule has 2 fully saturated rings. The Kier molecular flexibility index (Phi) is 4.86. The minimum Gasteiger partial charge on any atom is -0.490 e. The van der Waals surface area contributed by atoms with Crippen LogP contribution in [0, 0.1) is 0 Å². The first kappa shape index (κ1) is 15.6. The molecule has 0 amide bonds. The largest absolute Gasteiger partial charge is 0.490 e. The topological polar surface area (TPSA) is 60.0 Å². The molecule has 5 nitrogen and oxygen atoms in total. The van der Waals surface area contributed by atoms with E-state index in [0.717, 1.165) is 24.3 Å². The van der Waals surface area contributed by atoms with E-state index in [1.807, 2.05) is 31.2 Å². The average Bonchev–Trinajstić information content (AvgIpc) is 2.48. The third-order valence-electron chi connectivity index (χ3n) is 4.34. The molecule has 0 spiro atoms. The van der Waals surface area contributed by atoms with Gasteiger partial charge in [-0.2, -0.15) is 0 Å². The molecule has 2 N–H and O–H groups in total. The Labute approximate surface area is 131 Å². The van der Waals surface area contributed by atoms with Gasteiger partial charge >= 0.3 is 0 Å². The van der Waals surface area contributed by atoms with Crippen molar-refractivity contribution in [2.75, 3.05) is 26.4 Å². The summed E-state index contributed by atoms with van der Waals surface area (Å²) < 4.78 is 16.9. The summed E-state index contributed by atoms with van der Waals surface area (Å²) in [7, 11) is 0. The molecule has 2 saturated heterocycles. The highest BCUT2D eigenvalue weighted by atomic mass is 16.5. The maximum atomic E-state index is 10.8. The summed E-state index contributed by atoms with van der Waals surface area (Å²) in [6, 6.07) is 8.18. The summed E-state index contributed by atoms with van der Waals surface area (Å²) >= 11 is 0. The molecular weight excluding hydrogens is 282 g/mol. The lowest BCUT2D eigenvalue weighted by molar-refractivity contribution is -0.0840. The van der Waals surface area contributed by atoms with Crippen LogP contribution in [0.25, 0.3) is 0 Å². The van der Waals surface area contributed by atoms with E-state index in [-0.39, 0.29) is 12.1 Å². The number of benzene rings is 1. The Bertz CT molecular complexity index is 481. The highest BCUT2D eigenvalue weighted by Crippen LogP contribution is 2.32. The van der Waals surface area contributed by atoms with E-state index in [2.05, 4.69) is 5.32 Å². The fourth-order valence-electron chi connectivity index (χ4n) is 3.42. The molecule has 0 aromatic heterocycles. The van der Waals surface area contributed by atoms with Crippen molar-refractivity contribution in [2.45, 2.75) is 43.9 Å². The second-order valence-electron chi connectivity index (χ2n) is 6.21. The van der Waals surface area contributed by atoms with Gasteiger partial charge < -0.3 is 24.6 Å². The first-order valence-electron chi connectivity index (χ1n) is 8.09. The number of nitrogens with one attached hydrogen (secondary N) is 1. The zero-order valence-corrected chi connectivity index (χ0v) is 13.1. The molecule has 2 heterocycles. The molecule has 5 heteroatoms. The Balaban J connectivity index is 1.54. The zero-order chi connectivity index (χ0) is 15.4. The maximum Gasteiger partial charge on any atom is 0.161 e.